The van der Waals surface area contributed by atoms with E-state index in [-0.39, 0.29) is 17.2 Å². The van der Waals surface area contributed by atoms with Gasteiger partial charge in [0.1, 0.15) is 0 Å². The van der Waals surface area contributed by atoms with E-state index in [1.807, 2.05) is 48.5 Å². The molecule has 1 aromatic heterocycles. The first-order chi connectivity index (χ1) is 12.7. The highest BCUT2D eigenvalue weighted by Crippen LogP contribution is 2.18. The van der Waals surface area contributed by atoms with E-state index in [2.05, 4.69) is 16.9 Å². The Hall–Kier alpha value is -2.86. The second-order valence-corrected chi connectivity index (χ2v) is 6.61. The smallest absolute Gasteiger partial charge is 0.262 e. The molecule has 0 fully saturated rings. The largest absolute Gasteiger partial charge is 0.352 e. The van der Waals surface area contributed by atoms with E-state index in [1.54, 1.807) is 16.7 Å². The number of nitrogens with one attached hydrogen (secondary N) is 1. The Labute approximate surface area is 155 Å². The van der Waals surface area contributed by atoms with Gasteiger partial charge in [0.15, 0.2) is 5.16 Å². The lowest BCUT2D eigenvalue weighted by molar-refractivity contribution is -0.118. The third-order valence-corrected chi connectivity index (χ3v) is 4.76. The van der Waals surface area contributed by atoms with Crippen LogP contribution < -0.4 is 10.9 Å². The summed E-state index contributed by atoms with van der Waals surface area (Å²) in [5.41, 5.74) is 1.54. The van der Waals surface area contributed by atoms with E-state index in [0.717, 1.165) is 5.56 Å². The van der Waals surface area contributed by atoms with Crippen molar-refractivity contribution in [1.82, 2.24) is 14.9 Å². The minimum Gasteiger partial charge on any atom is -0.352 e. The SMILES string of the molecule is C=CCNC(=O)CSc1nc2ccccc2c(=O)n1Cc1ccccc1. The van der Waals surface area contributed by atoms with Crippen LogP contribution in [0.1, 0.15) is 5.56 Å². The number of aromatic nitrogens is 2. The minimum atomic E-state index is -0.122. The Bertz CT molecular complexity index is 983. The number of benzene rings is 2. The molecule has 0 bridgehead atoms. The summed E-state index contributed by atoms with van der Waals surface area (Å²) in [6.45, 7) is 4.41. The minimum absolute atomic E-state index is 0.103. The molecule has 0 saturated carbocycles. The van der Waals surface area contributed by atoms with Gasteiger partial charge in [-0.2, -0.15) is 0 Å². The number of hydrogen-bond acceptors (Lipinski definition) is 4. The van der Waals surface area contributed by atoms with Gasteiger partial charge >= 0.3 is 0 Å². The molecule has 3 rings (SSSR count). The number of nitrogens with zero attached hydrogens (tertiary/aromatic N) is 2. The van der Waals surface area contributed by atoms with Crippen molar-refractivity contribution >= 4 is 28.6 Å². The lowest BCUT2D eigenvalue weighted by Crippen LogP contribution is -2.27. The van der Waals surface area contributed by atoms with Crippen molar-refractivity contribution < 1.29 is 4.79 Å². The predicted octanol–water partition coefficient (Wildman–Crippen LogP) is 2.84. The Morgan fingerprint density at radius 3 is 2.65 bits per heavy atom. The van der Waals surface area contributed by atoms with Gasteiger partial charge in [-0.05, 0) is 17.7 Å². The molecular formula is C20H19N3O2S. The Morgan fingerprint density at radius 2 is 1.88 bits per heavy atom. The molecule has 5 nitrogen and oxygen atoms in total. The van der Waals surface area contributed by atoms with Crippen LogP contribution in [0.5, 0.6) is 0 Å². The number of carbonyl (C=O) groups is 1. The zero-order valence-corrected chi connectivity index (χ0v) is 15.0. The van der Waals surface area contributed by atoms with Crippen molar-refractivity contribution in [3.05, 3.63) is 83.2 Å². The van der Waals surface area contributed by atoms with Crippen LogP contribution in [-0.4, -0.2) is 27.8 Å². The van der Waals surface area contributed by atoms with E-state index in [9.17, 15) is 9.59 Å². The second kappa shape index (κ2) is 8.49. The molecule has 0 aliphatic heterocycles. The zero-order chi connectivity index (χ0) is 18.4. The maximum atomic E-state index is 13.0. The molecule has 3 aromatic rings. The second-order valence-electron chi connectivity index (χ2n) is 5.67. The number of fused-ring (bicyclic) bond motifs is 1. The molecule has 6 heteroatoms. The molecule has 132 valence electrons. The first kappa shape index (κ1) is 17.9. The number of thioether (sulfide) groups is 1. The summed E-state index contributed by atoms with van der Waals surface area (Å²) in [6.07, 6.45) is 1.63. The van der Waals surface area contributed by atoms with Crippen LogP contribution >= 0.6 is 11.8 Å². The molecule has 0 radical (unpaired) electrons. The monoisotopic (exact) mass is 365 g/mol. The van der Waals surface area contributed by atoms with Crippen LogP contribution in [-0.2, 0) is 11.3 Å². The van der Waals surface area contributed by atoms with Crippen LogP contribution in [0.3, 0.4) is 0 Å². The van der Waals surface area contributed by atoms with Crippen LogP contribution in [0.4, 0.5) is 0 Å². The predicted molar refractivity (Wildman–Crippen MR) is 105 cm³/mol. The first-order valence-corrected chi connectivity index (χ1v) is 9.21. The van der Waals surface area contributed by atoms with Crippen LogP contribution in [0.2, 0.25) is 0 Å². The summed E-state index contributed by atoms with van der Waals surface area (Å²) in [7, 11) is 0. The molecule has 0 unspecified atom stereocenters. The summed E-state index contributed by atoms with van der Waals surface area (Å²) < 4.78 is 1.63. The summed E-state index contributed by atoms with van der Waals surface area (Å²) in [4.78, 5) is 29.5. The Kier molecular flexibility index (Phi) is 5.86. The van der Waals surface area contributed by atoms with Gasteiger partial charge in [0.2, 0.25) is 5.91 Å². The summed E-state index contributed by atoms with van der Waals surface area (Å²) >= 11 is 1.26. The van der Waals surface area contributed by atoms with E-state index in [1.165, 1.54) is 11.8 Å². The van der Waals surface area contributed by atoms with Gasteiger partial charge in [-0.1, -0.05) is 60.3 Å². The highest BCUT2D eigenvalue weighted by atomic mass is 32.2. The molecule has 0 aliphatic carbocycles. The number of para-hydroxylation sites is 1. The molecule has 0 aliphatic rings. The van der Waals surface area contributed by atoms with Crippen LogP contribution in [0.25, 0.3) is 10.9 Å². The molecule has 0 atom stereocenters. The van der Waals surface area contributed by atoms with Crippen molar-refractivity contribution in [3.8, 4) is 0 Å². The van der Waals surface area contributed by atoms with Gasteiger partial charge < -0.3 is 5.32 Å². The van der Waals surface area contributed by atoms with E-state index >= 15 is 0 Å². The van der Waals surface area contributed by atoms with Crippen LogP contribution in [0.15, 0.2) is 77.2 Å². The van der Waals surface area contributed by atoms with Crippen molar-refractivity contribution in [1.29, 1.82) is 0 Å². The zero-order valence-electron chi connectivity index (χ0n) is 14.2. The molecule has 0 saturated heterocycles. The summed E-state index contributed by atoms with van der Waals surface area (Å²) in [5.74, 6) is 0.0662. The van der Waals surface area contributed by atoms with Crippen molar-refractivity contribution in [2.45, 2.75) is 11.7 Å². The van der Waals surface area contributed by atoms with Gasteiger partial charge in [0.05, 0.1) is 23.2 Å². The molecule has 0 spiro atoms. The molecule has 1 heterocycles. The number of amides is 1. The molecule has 26 heavy (non-hydrogen) atoms. The maximum absolute atomic E-state index is 13.0. The summed E-state index contributed by atoms with van der Waals surface area (Å²) in [6, 6.07) is 17.0. The van der Waals surface area contributed by atoms with Gasteiger partial charge in [-0.25, -0.2) is 4.98 Å². The van der Waals surface area contributed by atoms with Crippen molar-refractivity contribution in [2.24, 2.45) is 0 Å². The van der Waals surface area contributed by atoms with Gasteiger partial charge in [0, 0.05) is 6.54 Å². The van der Waals surface area contributed by atoms with E-state index < -0.39 is 0 Å². The molecule has 1 N–H and O–H groups in total. The Balaban J connectivity index is 1.96. The first-order valence-electron chi connectivity index (χ1n) is 8.23. The highest BCUT2D eigenvalue weighted by molar-refractivity contribution is 7.99. The van der Waals surface area contributed by atoms with Gasteiger partial charge in [0.25, 0.3) is 5.56 Å². The van der Waals surface area contributed by atoms with Gasteiger partial charge in [-0.15, -0.1) is 6.58 Å². The third-order valence-electron chi connectivity index (χ3n) is 3.79. The molecular weight excluding hydrogens is 346 g/mol. The molecule has 1 amide bonds. The normalized spacial score (nSPS) is 10.6. The number of carbonyl (C=O) groups excluding carboxylic acids is 1. The lowest BCUT2D eigenvalue weighted by atomic mass is 10.2. The fourth-order valence-corrected chi connectivity index (χ4v) is 3.36. The quantitative estimate of drug-likeness (QED) is 0.397. The average molecular weight is 365 g/mol. The van der Waals surface area contributed by atoms with Gasteiger partial charge in [-0.3, -0.25) is 14.2 Å². The fourth-order valence-electron chi connectivity index (χ4n) is 2.53. The standard InChI is InChI=1S/C20H19N3O2S/c1-2-12-21-18(24)14-26-20-22-17-11-7-6-10-16(17)19(25)23(20)13-15-8-4-3-5-9-15/h2-11H,1,12-14H2,(H,21,24). The van der Waals surface area contributed by atoms with Crippen molar-refractivity contribution in [2.75, 3.05) is 12.3 Å². The number of rotatable bonds is 7. The number of hydrogen-bond donors (Lipinski definition) is 1. The Morgan fingerprint density at radius 1 is 1.15 bits per heavy atom. The third kappa shape index (κ3) is 4.21. The summed E-state index contributed by atoms with van der Waals surface area (Å²) in [5, 5.41) is 3.84. The van der Waals surface area contributed by atoms with E-state index in [0.29, 0.717) is 29.1 Å². The average Bonchev–Trinajstić information content (AvgIpc) is 2.68. The molecule has 2 aromatic carbocycles. The lowest BCUT2D eigenvalue weighted by Gasteiger charge is -2.13. The van der Waals surface area contributed by atoms with Crippen LogP contribution in [0, 0.1) is 0 Å². The topological polar surface area (TPSA) is 64.0 Å². The maximum Gasteiger partial charge on any atom is 0.262 e. The highest BCUT2D eigenvalue weighted by Gasteiger charge is 2.13. The fraction of sp³-hybridized carbons (Fsp3) is 0.150. The van der Waals surface area contributed by atoms with E-state index in [4.69, 9.17) is 0 Å². The van der Waals surface area contributed by atoms with Crippen molar-refractivity contribution in [3.63, 3.8) is 0 Å².